The van der Waals surface area contributed by atoms with E-state index in [4.69, 9.17) is 4.74 Å². The number of hydrogen-bond acceptors (Lipinski definition) is 4. The van der Waals surface area contributed by atoms with Crippen molar-refractivity contribution in [2.24, 2.45) is 0 Å². The third-order valence-corrected chi connectivity index (χ3v) is 5.36. The first-order valence-corrected chi connectivity index (χ1v) is 11.0. The van der Waals surface area contributed by atoms with Gasteiger partial charge in [0, 0.05) is 43.0 Å². The highest BCUT2D eigenvalue weighted by atomic mass is 16.6. The van der Waals surface area contributed by atoms with Crippen LogP contribution in [0.5, 0.6) is 0 Å². The fraction of sp³-hybridized carbons (Fsp3) is 0.609. The molecule has 1 aromatic carbocycles. The summed E-state index contributed by atoms with van der Waals surface area (Å²) in [5.41, 5.74) is 0.599. The molecular weight excluding hydrogens is 382 g/mol. The lowest BCUT2D eigenvalue weighted by molar-refractivity contribution is 0.0632. The Kier molecular flexibility index (Phi) is 7.00. The monoisotopic (exact) mass is 415 g/mol. The number of carbonyl (C=O) groups is 3. The molecule has 2 heterocycles. The second kappa shape index (κ2) is 9.49. The van der Waals surface area contributed by atoms with Crippen molar-refractivity contribution in [3.63, 3.8) is 0 Å². The summed E-state index contributed by atoms with van der Waals surface area (Å²) in [6.07, 6.45) is 5.59. The molecule has 1 N–H and O–H groups in total. The Morgan fingerprint density at radius 1 is 0.767 bits per heavy atom. The summed E-state index contributed by atoms with van der Waals surface area (Å²) in [7, 11) is 0. The second-order valence-electron chi connectivity index (χ2n) is 9.13. The van der Waals surface area contributed by atoms with E-state index in [1.165, 1.54) is 0 Å². The summed E-state index contributed by atoms with van der Waals surface area (Å²) in [6.45, 7) is 8.24. The molecule has 3 rings (SSSR count). The van der Waals surface area contributed by atoms with Gasteiger partial charge in [-0.2, -0.15) is 0 Å². The summed E-state index contributed by atoms with van der Waals surface area (Å²) in [5.74, 6) is -0.203. The Morgan fingerprint density at radius 3 is 1.60 bits per heavy atom. The van der Waals surface area contributed by atoms with Crippen molar-refractivity contribution >= 4 is 23.6 Å². The van der Waals surface area contributed by atoms with E-state index in [0.29, 0.717) is 16.8 Å². The number of likely N-dealkylation sites (tertiary alicyclic amines) is 2. The number of rotatable bonds is 3. The third-order valence-electron chi connectivity index (χ3n) is 5.36. The number of anilines is 1. The molecule has 30 heavy (non-hydrogen) atoms. The van der Waals surface area contributed by atoms with Crippen LogP contribution in [0.4, 0.5) is 10.5 Å². The number of amides is 3. The highest BCUT2D eigenvalue weighted by molar-refractivity contribution is 6.02. The number of hydrogen-bond donors (Lipinski definition) is 1. The van der Waals surface area contributed by atoms with Crippen LogP contribution in [-0.2, 0) is 4.74 Å². The molecule has 0 spiro atoms. The van der Waals surface area contributed by atoms with Gasteiger partial charge in [0.15, 0.2) is 0 Å². The van der Waals surface area contributed by atoms with E-state index < -0.39 is 11.7 Å². The zero-order valence-corrected chi connectivity index (χ0v) is 18.3. The number of nitrogens with zero attached hydrogens (tertiary/aromatic N) is 2. The normalized spacial score (nSPS) is 17.4. The number of piperidine rings is 2. The van der Waals surface area contributed by atoms with Gasteiger partial charge in [0.1, 0.15) is 5.60 Å². The van der Waals surface area contributed by atoms with Crippen molar-refractivity contribution in [1.82, 2.24) is 9.80 Å². The minimum Gasteiger partial charge on any atom is -0.444 e. The zero-order chi connectivity index (χ0) is 21.7. The Morgan fingerprint density at radius 2 is 1.20 bits per heavy atom. The van der Waals surface area contributed by atoms with Crippen LogP contribution < -0.4 is 5.32 Å². The first-order chi connectivity index (χ1) is 14.2. The lowest BCUT2D eigenvalue weighted by Gasteiger charge is -2.28. The van der Waals surface area contributed by atoms with E-state index in [0.717, 1.165) is 64.7 Å². The molecule has 3 amide bonds. The Balaban J connectivity index is 1.87. The van der Waals surface area contributed by atoms with Crippen LogP contribution in [0.2, 0.25) is 0 Å². The number of nitrogens with one attached hydrogen (secondary N) is 1. The maximum absolute atomic E-state index is 13.1. The predicted octanol–water partition coefficient (Wildman–Crippen LogP) is 4.29. The van der Waals surface area contributed by atoms with Gasteiger partial charge in [-0.15, -0.1) is 0 Å². The summed E-state index contributed by atoms with van der Waals surface area (Å²) < 4.78 is 5.33. The highest BCUT2D eigenvalue weighted by Crippen LogP contribution is 2.22. The fourth-order valence-electron chi connectivity index (χ4n) is 3.93. The average Bonchev–Trinajstić information content (AvgIpc) is 2.72. The first-order valence-electron chi connectivity index (χ1n) is 11.0. The molecule has 0 bridgehead atoms. The van der Waals surface area contributed by atoms with Crippen molar-refractivity contribution in [1.29, 1.82) is 0 Å². The molecule has 164 valence electrons. The van der Waals surface area contributed by atoms with Gasteiger partial charge in [0.05, 0.1) is 0 Å². The van der Waals surface area contributed by atoms with Crippen molar-refractivity contribution in [3.05, 3.63) is 29.3 Å². The van der Waals surface area contributed by atoms with E-state index in [-0.39, 0.29) is 11.8 Å². The maximum atomic E-state index is 13.1. The molecule has 2 fully saturated rings. The number of benzene rings is 1. The van der Waals surface area contributed by atoms with Crippen molar-refractivity contribution in [3.8, 4) is 0 Å². The van der Waals surface area contributed by atoms with Crippen LogP contribution >= 0.6 is 0 Å². The van der Waals surface area contributed by atoms with Crippen molar-refractivity contribution in [2.45, 2.75) is 64.9 Å². The minimum absolute atomic E-state index is 0.102. The van der Waals surface area contributed by atoms with Crippen LogP contribution in [0.1, 0.15) is 80.0 Å². The quantitative estimate of drug-likeness (QED) is 0.799. The first kappa shape index (κ1) is 22.1. The minimum atomic E-state index is -0.641. The molecule has 2 aliphatic heterocycles. The van der Waals surface area contributed by atoms with Gasteiger partial charge in [-0.25, -0.2) is 4.79 Å². The fourth-order valence-corrected chi connectivity index (χ4v) is 3.93. The van der Waals surface area contributed by atoms with Crippen LogP contribution in [0, 0.1) is 0 Å². The maximum Gasteiger partial charge on any atom is 0.412 e. The Hall–Kier alpha value is -2.57. The lowest BCUT2D eigenvalue weighted by atomic mass is 10.0. The molecule has 7 heteroatoms. The molecule has 0 aromatic heterocycles. The number of ether oxygens (including phenoxy) is 1. The van der Waals surface area contributed by atoms with Crippen molar-refractivity contribution in [2.75, 3.05) is 31.5 Å². The van der Waals surface area contributed by atoms with Gasteiger partial charge >= 0.3 is 6.09 Å². The smallest absolute Gasteiger partial charge is 0.412 e. The Labute approximate surface area is 178 Å². The SMILES string of the molecule is CC(C)(C)OC(=O)Nc1cc(C(=O)N2CCCCC2)cc(C(=O)N2CCCCC2)c1. The van der Waals surface area contributed by atoms with Gasteiger partial charge in [0.2, 0.25) is 0 Å². The van der Waals surface area contributed by atoms with Gasteiger partial charge < -0.3 is 14.5 Å². The van der Waals surface area contributed by atoms with Gasteiger partial charge in [-0.05, 0) is 77.5 Å². The molecule has 0 saturated carbocycles. The van der Waals surface area contributed by atoms with Crippen LogP contribution in [0.25, 0.3) is 0 Å². The van der Waals surface area contributed by atoms with E-state index in [9.17, 15) is 14.4 Å². The van der Waals surface area contributed by atoms with Gasteiger partial charge in [0.25, 0.3) is 11.8 Å². The van der Waals surface area contributed by atoms with Crippen LogP contribution in [-0.4, -0.2) is 59.5 Å². The second-order valence-corrected chi connectivity index (χ2v) is 9.13. The van der Waals surface area contributed by atoms with E-state index in [2.05, 4.69) is 5.32 Å². The average molecular weight is 416 g/mol. The van der Waals surface area contributed by atoms with Crippen LogP contribution in [0.15, 0.2) is 18.2 Å². The molecular formula is C23H33N3O4. The molecule has 7 nitrogen and oxygen atoms in total. The third kappa shape index (κ3) is 5.97. The largest absolute Gasteiger partial charge is 0.444 e. The summed E-state index contributed by atoms with van der Waals surface area (Å²) in [4.78, 5) is 42.1. The molecule has 2 aliphatic rings. The predicted molar refractivity (Wildman–Crippen MR) is 116 cm³/mol. The molecule has 0 radical (unpaired) electrons. The highest BCUT2D eigenvalue weighted by Gasteiger charge is 2.24. The molecule has 0 aliphatic carbocycles. The topological polar surface area (TPSA) is 79.0 Å². The standard InChI is InChI=1S/C23H33N3O4/c1-23(2,3)30-22(29)24-19-15-17(20(27)25-10-6-4-7-11-25)14-18(16-19)21(28)26-12-8-5-9-13-26/h14-16H,4-13H2,1-3H3,(H,24,29). The summed E-state index contributed by atoms with van der Waals surface area (Å²) in [6, 6.07) is 4.93. The van der Waals surface area contributed by atoms with E-state index in [1.54, 1.807) is 39.0 Å². The molecule has 0 atom stereocenters. The number of carbonyl (C=O) groups excluding carboxylic acids is 3. The molecule has 2 saturated heterocycles. The summed E-state index contributed by atoms with van der Waals surface area (Å²) in [5, 5.41) is 2.69. The Bertz CT molecular complexity index is 740. The van der Waals surface area contributed by atoms with Crippen molar-refractivity contribution < 1.29 is 19.1 Å². The van der Waals surface area contributed by atoms with Gasteiger partial charge in [-0.3, -0.25) is 14.9 Å². The van der Waals surface area contributed by atoms with Crippen LogP contribution in [0.3, 0.4) is 0 Å². The van der Waals surface area contributed by atoms with E-state index >= 15 is 0 Å². The molecule has 0 unspecified atom stereocenters. The van der Waals surface area contributed by atoms with Gasteiger partial charge in [-0.1, -0.05) is 0 Å². The molecule has 1 aromatic rings. The summed E-state index contributed by atoms with van der Waals surface area (Å²) >= 11 is 0. The lowest BCUT2D eigenvalue weighted by Crippen LogP contribution is -2.37. The zero-order valence-electron chi connectivity index (χ0n) is 18.3. The van der Waals surface area contributed by atoms with E-state index in [1.807, 2.05) is 9.80 Å².